The van der Waals surface area contributed by atoms with Crippen LogP contribution in [0.3, 0.4) is 0 Å². The number of ether oxygens (including phenoxy) is 1. The number of anilines is 1. The molecule has 0 aromatic carbocycles. The van der Waals surface area contributed by atoms with Crippen molar-refractivity contribution in [1.29, 1.82) is 0 Å². The van der Waals surface area contributed by atoms with Gasteiger partial charge in [-0.25, -0.2) is 4.79 Å². The molecule has 7 heteroatoms. The summed E-state index contributed by atoms with van der Waals surface area (Å²) in [7, 11) is 0. The minimum atomic E-state index is -0.601. The van der Waals surface area contributed by atoms with Gasteiger partial charge in [-0.15, -0.1) is 4.68 Å². The number of nitrogen functional groups attached to an aromatic ring is 1. The van der Waals surface area contributed by atoms with E-state index in [1.807, 2.05) is 0 Å². The zero-order valence-electron chi connectivity index (χ0n) is 9.63. The van der Waals surface area contributed by atoms with Gasteiger partial charge in [0, 0.05) is 18.0 Å². The van der Waals surface area contributed by atoms with E-state index in [-0.39, 0.29) is 12.4 Å². The SMILES string of the molecule is CCOC(=O)n1nc(-c2ccncc2)c(Br)c1N. The lowest BCUT2D eigenvalue weighted by Crippen LogP contribution is -2.17. The summed E-state index contributed by atoms with van der Waals surface area (Å²) >= 11 is 3.32. The molecule has 2 heterocycles. The van der Waals surface area contributed by atoms with E-state index in [0.29, 0.717) is 10.2 Å². The highest BCUT2D eigenvalue weighted by atomic mass is 79.9. The van der Waals surface area contributed by atoms with E-state index in [1.54, 1.807) is 31.5 Å². The van der Waals surface area contributed by atoms with Crippen LogP contribution in [0.15, 0.2) is 29.0 Å². The molecule has 94 valence electrons. The number of rotatable bonds is 2. The van der Waals surface area contributed by atoms with E-state index in [1.165, 1.54) is 0 Å². The minimum absolute atomic E-state index is 0.209. The summed E-state index contributed by atoms with van der Waals surface area (Å²) in [6.07, 6.45) is 2.68. The Morgan fingerprint density at radius 2 is 2.17 bits per heavy atom. The number of pyridine rings is 1. The molecule has 0 bridgehead atoms. The van der Waals surface area contributed by atoms with Gasteiger partial charge in [-0.1, -0.05) is 0 Å². The van der Waals surface area contributed by atoms with Crippen LogP contribution in [0, 0.1) is 0 Å². The molecule has 0 radical (unpaired) electrons. The van der Waals surface area contributed by atoms with Crippen molar-refractivity contribution < 1.29 is 9.53 Å². The Morgan fingerprint density at radius 3 is 2.78 bits per heavy atom. The van der Waals surface area contributed by atoms with Gasteiger partial charge in [0.25, 0.3) is 0 Å². The molecule has 0 fully saturated rings. The molecule has 0 unspecified atom stereocenters. The molecule has 2 rings (SSSR count). The second kappa shape index (κ2) is 5.18. The molecule has 0 aliphatic rings. The first-order valence-electron chi connectivity index (χ1n) is 5.26. The Bertz CT molecular complexity index is 568. The molecule has 18 heavy (non-hydrogen) atoms. The predicted octanol–water partition coefficient (Wildman–Crippen LogP) is 2.29. The molecule has 0 aliphatic heterocycles. The third-order valence-electron chi connectivity index (χ3n) is 2.26. The van der Waals surface area contributed by atoms with Crippen molar-refractivity contribution in [2.45, 2.75) is 6.92 Å². The summed E-state index contributed by atoms with van der Waals surface area (Å²) in [4.78, 5) is 15.5. The Kier molecular flexibility index (Phi) is 3.61. The van der Waals surface area contributed by atoms with Gasteiger partial charge in [0.2, 0.25) is 0 Å². The summed E-state index contributed by atoms with van der Waals surface area (Å²) < 4.78 is 6.45. The molecular formula is C11H11BrN4O2. The summed E-state index contributed by atoms with van der Waals surface area (Å²) in [6, 6.07) is 3.56. The van der Waals surface area contributed by atoms with Crippen molar-refractivity contribution in [2.24, 2.45) is 0 Å². The number of carbonyl (C=O) groups excluding carboxylic acids is 1. The molecular weight excluding hydrogens is 300 g/mol. The van der Waals surface area contributed by atoms with Crippen LogP contribution in [0.2, 0.25) is 0 Å². The first-order chi connectivity index (χ1) is 8.65. The summed E-state index contributed by atoms with van der Waals surface area (Å²) in [5, 5.41) is 4.14. The van der Waals surface area contributed by atoms with Gasteiger partial charge in [-0.3, -0.25) is 4.98 Å². The summed E-state index contributed by atoms with van der Waals surface area (Å²) in [6.45, 7) is 1.98. The fraction of sp³-hybridized carbons (Fsp3) is 0.182. The molecule has 2 N–H and O–H groups in total. The van der Waals surface area contributed by atoms with Crippen LogP contribution in [0.25, 0.3) is 11.3 Å². The maximum absolute atomic E-state index is 11.6. The maximum atomic E-state index is 11.6. The third kappa shape index (κ3) is 2.21. The largest absolute Gasteiger partial charge is 0.448 e. The third-order valence-corrected chi connectivity index (χ3v) is 3.04. The van der Waals surface area contributed by atoms with Crippen LogP contribution in [-0.2, 0) is 4.74 Å². The Hall–Kier alpha value is -1.89. The number of aromatic nitrogens is 3. The van der Waals surface area contributed by atoms with Gasteiger partial charge in [0.1, 0.15) is 11.5 Å². The fourth-order valence-electron chi connectivity index (χ4n) is 1.43. The molecule has 0 aliphatic carbocycles. The van der Waals surface area contributed by atoms with Gasteiger partial charge in [-0.2, -0.15) is 5.10 Å². The summed E-state index contributed by atoms with van der Waals surface area (Å²) in [5.74, 6) is 0.209. The molecule has 2 aromatic rings. The van der Waals surface area contributed by atoms with E-state index in [4.69, 9.17) is 10.5 Å². The van der Waals surface area contributed by atoms with Crippen molar-refractivity contribution in [3.63, 3.8) is 0 Å². The van der Waals surface area contributed by atoms with Gasteiger partial charge in [0.05, 0.1) is 11.1 Å². The lowest BCUT2D eigenvalue weighted by molar-refractivity contribution is 0.151. The highest BCUT2D eigenvalue weighted by Gasteiger charge is 2.19. The zero-order chi connectivity index (χ0) is 13.1. The first kappa shape index (κ1) is 12.6. The zero-order valence-corrected chi connectivity index (χ0v) is 11.2. The molecule has 0 saturated carbocycles. The van der Waals surface area contributed by atoms with Crippen LogP contribution in [0.4, 0.5) is 10.6 Å². The van der Waals surface area contributed by atoms with Crippen molar-refractivity contribution in [1.82, 2.24) is 14.8 Å². The van der Waals surface area contributed by atoms with Crippen LogP contribution < -0.4 is 5.73 Å². The van der Waals surface area contributed by atoms with Crippen LogP contribution >= 0.6 is 15.9 Å². The van der Waals surface area contributed by atoms with Gasteiger partial charge >= 0.3 is 6.09 Å². The number of nitrogens with two attached hydrogens (primary N) is 1. The van der Waals surface area contributed by atoms with Gasteiger partial charge < -0.3 is 10.5 Å². The Morgan fingerprint density at radius 1 is 1.50 bits per heavy atom. The standard InChI is InChI=1S/C11H11BrN4O2/c1-2-18-11(17)16-10(13)8(12)9(15-16)7-3-5-14-6-4-7/h3-6H,2,13H2,1H3. The minimum Gasteiger partial charge on any atom is -0.448 e. The van der Waals surface area contributed by atoms with E-state index < -0.39 is 6.09 Å². The average Bonchev–Trinajstić information content (AvgIpc) is 2.68. The Balaban J connectivity index is 2.46. The highest BCUT2D eigenvalue weighted by Crippen LogP contribution is 2.31. The predicted molar refractivity (Wildman–Crippen MR) is 70.0 cm³/mol. The number of nitrogens with zero attached hydrogens (tertiary/aromatic N) is 3. The van der Waals surface area contributed by atoms with E-state index >= 15 is 0 Å². The Labute approximate surface area is 112 Å². The lowest BCUT2D eigenvalue weighted by Gasteiger charge is -2.01. The first-order valence-corrected chi connectivity index (χ1v) is 6.06. The molecule has 0 saturated heterocycles. The normalized spacial score (nSPS) is 10.3. The molecule has 6 nitrogen and oxygen atoms in total. The van der Waals surface area contributed by atoms with E-state index in [2.05, 4.69) is 26.0 Å². The monoisotopic (exact) mass is 310 g/mol. The number of hydrogen-bond acceptors (Lipinski definition) is 5. The number of carbonyl (C=O) groups is 1. The lowest BCUT2D eigenvalue weighted by atomic mass is 10.2. The van der Waals surface area contributed by atoms with E-state index in [0.717, 1.165) is 10.2 Å². The topological polar surface area (TPSA) is 83.0 Å². The van der Waals surface area contributed by atoms with Crippen molar-refractivity contribution in [3.8, 4) is 11.3 Å². The van der Waals surface area contributed by atoms with Crippen molar-refractivity contribution in [3.05, 3.63) is 29.0 Å². The molecule has 0 atom stereocenters. The van der Waals surface area contributed by atoms with Crippen molar-refractivity contribution in [2.75, 3.05) is 12.3 Å². The number of halogens is 1. The highest BCUT2D eigenvalue weighted by molar-refractivity contribution is 9.10. The number of hydrogen-bond donors (Lipinski definition) is 1. The van der Waals surface area contributed by atoms with Crippen LogP contribution in [-0.4, -0.2) is 27.5 Å². The molecule has 2 aromatic heterocycles. The van der Waals surface area contributed by atoms with Crippen LogP contribution in [0.1, 0.15) is 6.92 Å². The van der Waals surface area contributed by atoms with Crippen molar-refractivity contribution >= 4 is 27.8 Å². The smallest absolute Gasteiger partial charge is 0.436 e. The van der Waals surface area contributed by atoms with E-state index in [9.17, 15) is 4.79 Å². The molecule has 0 amide bonds. The maximum Gasteiger partial charge on any atom is 0.436 e. The fourth-order valence-corrected chi connectivity index (χ4v) is 1.91. The average molecular weight is 311 g/mol. The van der Waals surface area contributed by atoms with Gasteiger partial charge in [-0.05, 0) is 35.0 Å². The second-order valence-corrected chi connectivity index (χ2v) is 4.19. The van der Waals surface area contributed by atoms with Crippen LogP contribution in [0.5, 0.6) is 0 Å². The van der Waals surface area contributed by atoms with Gasteiger partial charge in [0.15, 0.2) is 0 Å². The summed E-state index contributed by atoms with van der Waals surface area (Å²) in [5.41, 5.74) is 7.19. The molecule has 0 spiro atoms. The quantitative estimate of drug-likeness (QED) is 0.920. The second-order valence-electron chi connectivity index (χ2n) is 3.39.